The molecule has 0 atom stereocenters. The van der Waals surface area contributed by atoms with Crippen LogP contribution in [0.3, 0.4) is 0 Å². The molecule has 0 radical (unpaired) electrons. The van der Waals surface area contributed by atoms with E-state index < -0.39 is 5.97 Å². The first kappa shape index (κ1) is 12.9. The number of carbonyl (C=O) groups is 1. The summed E-state index contributed by atoms with van der Waals surface area (Å²) in [5.74, 6) is 0.951. The number of fused-ring (bicyclic) bond motifs is 1. The van der Waals surface area contributed by atoms with Crippen LogP contribution in [0.2, 0.25) is 6.32 Å². The van der Waals surface area contributed by atoms with E-state index in [1.54, 1.807) is 0 Å². The number of hydrogen-bond donors (Lipinski definition) is 2. The van der Waals surface area contributed by atoms with Crippen LogP contribution in [0, 0.1) is 0 Å². The quantitative estimate of drug-likeness (QED) is 0.775. The molecule has 94 valence electrons. The average Bonchev–Trinajstić information content (AvgIpc) is 2.75. The highest BCUT2D eigenvalue weighted by atomic mass is 16.4. The maximum atomic E-state index is 11.3. The van der Waals surface area contributed by atoms with Crippen molar-refractivity contribution in [3.8, 4) is 0 Å². The predicted octanol–water partition coefficient (Wildman–Crippen LogP) is 1.70. The Labute approximate surface area is 107 Å². The molecule has 0 spiro atoms. The molecule has 1 aliphatic heterocycles. The molecule has 0 unspecified atom stereocenters. The van der Waals surface area contributed by atoms with Crippen molar-refractivity contribution in [1.29, 1.82) is 0 Å². The van der Waals surface area contributed by atoms with Crippen LogP contribution in [0.25, 0.3) is 5.57 Å². The van der Waals surface area contributed by atoms with E-state index in [-0.39, 0.29) is 13.3 Å². The highest BCUT2D eigenvalue weighted by Crippen LogP contribution is 2.25. The van der Waals surface area contributed by atoms with E-state index in [4.69, 9.17) is 0 Å². The Balaban J connectivity index is 2.44. The van der Waals surface area contributed by atoms with E-state index in [2.05, 4.69) is 6.92 Å². The maximum Gasteiger partial charge on any atom is 0.335 e. The molecule has 0 saturated carbocycles. The van der Waals surface area contributed by atoms with Gasteiger partial charge in [0.15, 0.2) is 0 Å². The van der Waals surface area contributed by atoms with Crippen LogP contribution in [-0.2, 0) is 11.4 Å². The van der Waals surface area contributed by atoms with Crippen molar-refractivity contribution < 1.29 is 15.0 Å². The monoisotopic (exact) mass is 244 g/mol. The number of aliphatic hydroxyl groups excluding tert-OH is 1. The number of aliphatic carboxylic acids is 1. The van der Waals surface area contributed by atoms with E-state index >= 15 is 0 Å². The Morgan fingerprint density at radius 3 is 2.78 bits per heavy atom. The zero-order valence-corrected chi connectivity index (χ0v) is 10.5. The molecule has 0 amide bonds. The normalized spacial score (nSPS) is 13.4. The summed E-state index contributed by atoms with van der Waals surface area (Å²) in [5, 5.41) is 18.6. The van der Waals surface area contributed by atoms with Crippen LogP contribution >= 0.6 is 0 Å². The number of rotatable bonds is 5. The molecule has 18 heavy (non-hydrogen) atoms. The molecule has 0 saturated heterocycles. The molecule has 2 N–H and O–H groups in total. The van der Waals surface area contributed by atoms with Gasteiger partial charge in [-0.25, -0.2) is 4.79 Å². The number of unbranched alkanes of at least 4 members (excludes halogenated alkanes) is 1. The van der Waals surface area contributed by atoms with Crippen molar-refractivity contribution in [3.63, 3.8) is 0 Å². The number of hydrogen-bond acceptors (Lipinski definition) is 2. The van der Waals surface area contributed by atoms with Crippen molar-refractivity contribution in [3.05, 3.63) is 35.3 Å². The van der Waals surface area contributed by atoms with Crippen molar-refractivity contribution in [2.24, 2.45) is 0 Å². The molecule has 3 nitrogen and oxygen atoms in total. The van der Waals surface area contributed by atoms with E-state index in [0.29, 0.717) is 5.57 Å². The Kier molecular flexibility index (Phi) is 3.87. The third kappa shape index (κ3) is 2.20. The molecule has 0 aromatic heterocycles. The summed E-state index contributed by atoms with van der Waals surface area (Å²) in [6, 6.07) is 5.51. The van der Waals surface area contributed by atoms with Gasteiger partial charge in [0.2, 0.25) is 6.71 Å². The summed E-state index contributed by atoms with van der Waals surface area (Å²) in [5.41, 5.74) is 3.00. The average molecular weight is 244 g/mol. The lowest BCUT2D eigenvalue weighted by atomic mass is 9.43. The zero-order chi connectivity index (χ0) is 13.1. The second-order valence-corrected chi connectivity index (χ2v) is 4.67. The lowest BCUT2D eigenvalue weighted by Gasteiger charge is -2.12. The zero-order valence-electron chi connectivity index (χ0n) is 10.5. The number of benzene rings is 1. The number of aliphatic hydroxyl groups is 1. The Morgan fingerprint density at radius 1 is 1.39 bits per heavy atom. The van der Waals surface area contributed by atoms with Gasteiger partial charge in [-0.1, -0.05) is 55.7 Å². The van der Waals surface area contributed by atoms with Gasteiger partial charge in [-0.15, -0.1) is 0 Å². The number of carboxylic acid groups (broad SMARTS) is 1. The third-order valence-corrected chi connectivity index (χ3v) is 3.49. The summed E-state index contributed by atoms with van der Waals surface area (Å²) < 4.78 is 0. The molecule has 4 heteroatoms. The van der Waals surface area contributed by atoms with E-state index in [1.807, 2.05) is 24.2 Å². The molecule has 0 aliphatic carbocycles. The van der Waals surface area contributed by atoms with Gasteiger partial charge in [-0.2, -0.15) is 0 Å². The highest BCUT2D eigenvalue weighted by Gasteiger charge is 2.30. The molecular formula is C14H17BO3. The first-order valence-electron chi connectivity index (χ1n) is 6.37. The molecule has 1 aromatic rings. The predicted molar refractivity (Wildman–Crippen MR) is 73.1 cm³/mol. The highest BCUT2D eigenvalue weighted by molar-refractivity contribution is 6.82. The smallest absolute Gasteiger partial charge is 0.335 e. The minimum atomic E-state index is -0.884. The van der Waals surface area contributed by atoms with Crippen molar-refractivity contribution in [2.45, 2.75) is 32.7 Å². The lowest BCUT2D eigenvalue weighted by molar-refractivity contribution is -0.130. The van der Waals surface area contributed by atoms with E-state index in [1.165, 1.54) is 0 Å². The van der Waals surface area contributed by atoms with E-state index in [0.717, 1.165) is 35.8 Å². The summed E-state index contributed by atoms with van der Waals surface area (Å²) in [4.78, 5) is 11.3. The van der Waals surface area contributed by atoms with Crippen LogP contribution in [-0.4, -0.2) is 22.9 Å². The topological polar surface area (TPSA) is 57.5 Å². The molecule has 0 fully saturated rings. The summed E-state index contributed by atoms with van der Waals surface area (Å²) in [7, 11) is 0. The first-order valence-corrected chi connectivity index (χ1v) is 6.37. The van der Waals surface area contributed by atoms with Gasteiger partial charge < -0.3 is 10.2 Å². The van der Waals surface area contributed by atoms with Crippen molar-refractivity contribution >= 4 is 23.7 Å². The fourth-order valence-corrected chi connectivity index (χ4v) is 2.64. The molecular weight excluding hydrogens is 227 g/mol. The van der Waals surface area contributed by atoms with Gasteiger partial charge >= 0.3 is 5.97 Å². The van der Waals surface area contributed by atoms with Gasteiger partial charge in [-0.05, 0) is 11.1 Å². The van der Waals surface area contributed by atoms with Crippen LogP contribution < -0.4 is 5.46 Å². The first-order chi connectivity index (χ1) is 8.69. The van der Waals surface area contributed by atoms with Gasteiger partial charge in [-0.3, -0.25) is 0 Å². The molecule has 1 heterocycles. The fraction of sp³-hybridized carbons (Fsp3) is 0.357. The Hall–Kier alpha value is -1.55. The SMILES string of the molecule is CCCCB1C=C(C(=O)O)c2cccc(CO)c21. The molecule has 0 bridgehead atoms. The van der Waals surface area contributed by atoms with Crippen LogP contribution in [0.15, 0.2) is 24.2 Å². The molecule has 1 aromatic carbocycles. The maximum absolute atomic E-state index is 11.3. The Morgan fingerprint density at radius 2 is 2.17 bits per heavy atom. The van der Waals surface area contributed by atoms with Crippen LogP contribution in [0.1, 0.15) is 30.9 Å². The van der Waals surface area contributed by atoms with Gasteiger partial charge in [0.05, 0.1) is 12.2 Å². The number of carboxylic acids is 1. The van der Waals surface area contributed by atoms with Crippen molar-refractivity contribution in [2.75, 3.05) is 0 Å². The van der Waals surface area contributed by atoms with Crippen molar-refractivity contribution in [1.82, 2.24) is 0 Å². The second kappa shape index (κ2) is 5.40. The minimum Gasteiger partial charge on any atom is -0.478 e. The lowest BCUT2D eigenvalue weighted by Crippen LogP contribution is -2.30. The fourth-order valence-electron chi connectivity index (χ4n) is 2.64. The second-order valence-electron chi connectivity index (χ2n) is 4.67. The van der Waals surface area contributed by atoms with Crippen LogP contribution in [0.4, 0.5) is 0 Å². The van der Waals surface area contributed by atoms with E-state index in [9.17, 15) is 15.0 Å². The van der Waals surface area contributed by atoms with Gasteiger partial charge in [0.25, 0.3) is 0 Å². The van der Waals surface area contributed by atoms with Crippen LogP contribution in [0.5, 0.6) is 0 Å². The standard InChI is InChI=1S/C14H17BO3/c1-2-3-7-15-8-12(14(17)18)11-6-4-5-10(9-16)13(11)15/h4-6,8,16H,2-3,7,9H2,1H3,(H,17,18). The molecule has 1 aliphatic rings. The minimum absolute atomic E-state index is 0.0352. The van der Waals surface area contributed by atoms with Gasteiger partial charge in [0, 0.05) is 0 Å². The molecule has 2 rings (SSSR count). The summed E-state index contributed by atoms with van der Waals surface area (Å²) in [6.45, 7) is 2.22. The Bertz CT molecular complexity index is 494. The summed E-state index contributed by atoms with van der Waals surface area (Å²) in [6.07, 6.45) is 3.09. The largest absolute Gasteiger partial charge is 0.478 e. The summed E-state index contributed by atoms with van der Waals surface area (Å²) >= 11 is 0. The van der Waals surface area contributed by atoms with Gasteiger partial charge in [0.1, 0.15) is 0 Å². The third-order valence-electron chi connectivity index (χ3n) is 3.49.